The summed E-state index contributed by atoms with van der Waals surface area (Å²) < 4.78 is 5.45. The molecular formula is C14H16N2O3. The van der Waals surface area contributed by atoms with Crippen LogP contribution in [-0.4, -0.2) is 9.91 Å². The Balaban J connectivity index is 0.000000861. The third-order valence-electron chi connectivity index (χ3n) is 2.25. The van der Waals surface area contributed by atoms with Crippen molar-refractivity contribution in [2.24, 2.45) is 0 Å². The third kappa shape index (κ3) is 3.77. The van der Waals surface area contributed by atoms with E-state index in [9.17, 15) is 10.1 Å². The number of aromatic nitrogens is 1. The molecule has 1 aromatic carbocycles. The first-order valence-electron chi connectivity index (χ1n) is 6.01. The zero-order valence-electron chi connectivity index (χ0n) is 11.2. The average Bonchev–Trinajstić information content (AvgIpc) is 2.44. The first-order chi connectivity index (χ1) is 9.18. The Morgan fingerprint density at radius 1 is 1.16 bits per heavy atom. The van der Waals surface area contributed by atoms with Gasteiger partial charge in [0, 0.05) is 12.3 Å². The number of hydrogen-bond acceptors (Lipinski definition) is 4. The van der Waals surface area contributed by atoms with Gasteiger partial charge >= 0.3 is 5.69 Å². The molecule has 1 heterocycles. The number of hydrogen-bond donors (Lipinski definition) is 0. The highest BCUT2D eigenvalue weighted by Crippen LogP contribution is 2.29. The summed E-state index contributed by atoms with van der Waals surface area (Å²) in [6.07, 6.45) is 1.46. The fourth-order valence-corrected chi connectivity index (χ4v) is 1.38. The molecule has 0 unspecified atom stereocenters. The van der Waals surface area contributed by atoms with E-state index in [1.165, 1.54) is 18.3 Å². The van der Waals surface area contributed by atoms with Crippen LogP contribution >= 0.6 is 0 Å². The summed E-state index contributed by atoms with van der Waals surface area (Å²) in [5, 5.41) is 10.8. The molecule has 5 nitrogen and oxygen atoms in total. The van der Waals surface area contributed by atoms with Gasteiger partial charge in [-0.25, -0.2) is 4.98 Å². The molecule has 0 fully saturated rings. The maximum Gasteiger partial charge on any atom is 0.331 e. The zero-order chi connectivity index (χ0) is 14.3. The Morgan fingerprint density at radius 3 is 2.47 bits per heavy atom. The second-order valence-corrected chi connectivity index (χ2v) is 3.45. The van der Waals surface area contributed by atoms with Crippen LogP contribution in [0.3, 0.4) is 0 Å². The van der Waals surface area contributed by atoms with Crippen molar-refractivity contribution in [1.29, 1.82) is 0 Å². The number of aryl methyl sites for hydroxylation is 1. The quantitative estimate of drug-likeness (QED) is 0.615. The number of rotatable bonds is 3. The van der Waals surface area contributed by atoms with Crippen LogP contribution < -0.4 is 4.74 Å². The monoisotopic (exact) mass is 260 g/mol. The lowest BCUT2D eigenvalue weighted by atomic mass is 10.2. The minimum Gasteiger partial charge on any atom is -0.433 e. The van der Waals surface area contributed by atoms with E-state index in [2.05, 4.69) is 4.98 Å². The van der Waals surface area contributed by atoms with Gasteiger partial charge in [0.05, 0.1) is 4.92 Å². The van der Waals surface area contributed by atoms with Crippen LogP contribution in [0.15, 0.2) is 42.6 Å². The van der Waals surface area contributed by atoms with Crippen molar-refractivity contribution in [3.8, 4) is 11.6 Å². The number of benzene rings is 1. The Hall–Kier alpha value is -2.43. The third-order valence-corrected chi connectivity index (χ3v) is 2.25. The normalized spacial score (nSPS) is 9.21. The van der Waals surface area contributed by atoms with Crippen molar-refractivity contribution < 1.29 is 9.66 Å². The summed E-state index contributed by atoms with van der Waals surface area (Å²) in [6.45, 7) is 5.87. The number of nitro groups is 1. The van der Waals surface area contributed by atoms with Gasteiger partial charge in [-0.15, -0.1) is 0 Å². The highest BCUT2D eigenvalue weighted by Gasteiger charge is 2.16. The molecule has 0 aliphatic heterocycles. The number of pyridine rings is 1. The van der Waals surface area contributed by atoms with Gasteiger partial charge in [0.2, 0.25) is 0 Å². The standard InChI is InChI=1S/C12H10N2O3.C2H6/c1-9-5-2-3-7-11(9)17-12-10(14(15)16)6-4-8-13-12;1-2/h2-8H,1H3;1-2H3. The molecule has 2 rings (SSSR count). The minimum atomic E-state index is -0.513. The largest absolute Gasteiger partial charge is 0.433 e. The van der Waals surface area contributed by atoms with Gasteiger partial charge in [-0.3, -0.25) is 10.1 Å². The van der Waals surface area contributed by atoms with Crippen LogP contribution in [0.25, 0.3) is 0 Å². The van der Waals surface area contributed by atoms with Crippen molar-refractivity contribution in [3.63, 3.8) is 0 Å². The van der Waals surface area contributed by atoms with E-state index < -0.39 is 4.92 Å². The number of ether oxygens (including phenoxy) is 1. The van der Waals surface area contributed by atoms with Crippen LogP contribution in [0.5, 0.6) is 11.6 Å². The highest BCUT2D eigenvalue weighted by atomic mass is 16.6. The van der Waals surface area contributed by atoms with Crippen molar-refractivity contribution in [2.45, 2.75) is 20.8 Å². The van der Waals surface area contributed by atoms with E-state index in [0.29, 0.717) is 5.75 Å². The Bertz CT molecular complexity index is 556. The lowest BCUT2D eigenvalue weighted by Gasteiger charge is -2.06. The van der Waals surface area contributed by atoms with Gasteiger partial charge in [-0.2, -0.15) is 0 Å². The molecule has 0 aliphatic carbocycles. The number of para-hydroxylation sites is 1. The van der Waals surface area contributed by atoms with Gasteiger partial charge in [0.25, 0.3) is 5.88 Å². The molecule has 0 radical (unpaired) electrons. The molecule has 0 spiro atoms. The summed E-state index contributed by atoms with van der Waals surface area (Å²) >= 11 is 0. The minimum absolute atomic E-state index is 0.00630. The molecule has 2 aromatic rings. The molecule has 1 aromatic heterocycles. The Morgan fingerprint density at radius 2 is 1.84 bits per heavy atom. The summed E-state index contributed by atoms with van der Waals surface area (Å²) in [5.74, 6) is 0.570. The number of nitrogens with zero attached hydrogens (tertiary/aromatic N) is 2. The van der Waals surface area contributed by atoms with Gasteiger partial charge in [0.1, 0.15) is 5.75 Å². The van der Waals surface area contributed by atoms with Crippen LogP contribution in [0.2, 0.25) is 0 Å². The Labute approximate surface area is 112 Å². The highest BCUT2D eigenvalue weighted by molar-refractivity contribution is 5.44. The summed E-state index contributed by atoms with van der Waals surface area (Å²) in [4.78, 5) is 14.1. The molecule has 5 heteroatoms. The lowest BCUT2D eigenvalue weighted by molar-refractivity contribution is -0.386. The van der Waals surface area contributed by atoms with Crippen molar-refractivity contribution in [2.75, 3.05) is 0 Å². The van der Waals surface area contributed by atoms with Gasteiger partial charge in [-0.1, -0.05) is 32.0 Å². The summed E-state index contributed by atoms with van der Waals surface area (Å²) in [7, 11) is 0. The molecule has 0 saturated heterocycles. The summed E-state index contributed by atoms with van der Waals surface area (Å²) in [5.41, 5.74) is 0.753. The van der Waals surface area contributed by atoms with Crippen molar-refractivity contribution in [1.82, 2.24) is 4.98 Å². The van der Waals surface area contributed by atoms with E-state index in [1.54, 1.807) is 12.1 Å². The van der Waals surface area contributed by atoms with Gasteiger partial charge in [-0.05, 0) is 24.6 Å². The van der Waals surface area contributed by atoms with Crippen LogP contribution in [0.4, 0.5) is 5.69 Å². The predicted molar refractivity (Wildman–Crippen MR) is 73.5 cm³/mol. The fraction of sp³-hybridized carbons (Fsp3) is 0.214. The van der Waals surface area contributed by atoms with Crippen LogP contribution in [0, 0.1) is 17.0 Å². The van der Waals surface area contributed by atoms with E-state index in [0.717, 1.165) is 5.56 Å². The van der Waals surface area contributed by atoms with Crippen LogP contribution in [-0.2, 0) is 0 Å². The second kappa shape index (κ2) is 7.10. The molecule has 0 bridgehead atoms. The molecule has 0 atom stereocenters. The average molecular weight is 260 g/mol. The maximum atomic E-state index is 10.8. The molecule has 0 amide bonds. The van der Waals surface area contributed by atoms with E-state index >= 15 is 0 Å². The zero-order valence-corrected chi connectivity index (χ0v) is 11.2. The molecule has 0 N–H and O–H groups in total. The van der Waals surface area contributed by atoms with E-state index in [-0.39, 0.29) is 11.6 Å². The van der Waals surface area contributed by atoms with E-state index in [4.69, 9.17) is 4.74 Å². The molecule has 0 saturated carbocycles. The van der Waals surface area contributed by atoms with Gasteiger partial charge in [0.15, 0.2) is 0 Å². The van der Waals surface area contributed by atoms with Gasteiger partial charge < -0.3 is 4.74 Å². The first-order valence-corrected chi connectivity index (χ1v) is 6.01. The van der Waals surface area contributed by atoms with Crippen molar-refractivity contribution >= 4 is 5.69 Å². The first kappa shape index (κ1) is 14.6. The second-order valence-electron chi connectivity index (χ2n) is 3.45. The van der Waals surface area contributed by atoms with Crippen LogP contribution in [0.1, 0.15) is 19.4 Å². The molecule has 100 valence electrons. The smallest absolute Gasteiger partial charge is 0.331 e. The predicted octanol–water partition coefficient (Wildman–Crippen LogP) is 4.12. The maximum absolute atomic E-state index is 10.8. The van der Waals surface area contributed by atoms with E-state index in [1.807, 2.05) is 32.9 Å². The molecule has 0 aliphatic rings. The molecule has 19 heavy (non-hydrogen) atoms. The Kier molecular flexibility index (Phi) is 5.47. The van der Waals surface area contributed by atoms with Crippen molar-refractivity contribution in [3.05, 3.63) is 58.3 Å². The lowest BCUT2D eigenvalue weighted by Crippen LogP contribution is -1.96. The SMILES string of the molecule is CC.Cc1ccccc1Oc1ncccc1[N+](=O)[O-]. The molecular weight excluding hydrogens is 244 g/mol. The fourth-order valence-electron chi connectivity index (χ4n) is 1.38. The topological polar surface area (TPSA) is 65.3 Å². The summed E-state index contributed by atoms with van der Waals surface area (Å²) in [6, 6.07) is 10.1.